The van der Waals surface area contributed by atoms with E-state index in [-0.39, 0.29) is 17.9 Å². The van der Waals surface area contributed by atoms with Crippen LogP contribution in [0.4, 0.5) is 24.5 Å². The van der Waals surface area contributed by atoms with Crippen molar-refractivity contribution >= 4 is 17.3 Å². The number of fused-ring (bicyclic) bond motifs is 1. The molecule has 8 heteroatoms. The van der Waals surface area contributed by atoms with Gasteiger partial charge in [-0.2, -0.15) is 13.2 Å². The third-order valence-corrected chi connectivity index (χ3v) is 2.82. The number of benzene rings is 1. The molecule has 0 aliphatic carbocycles. The minimum atomic E-state index is -4.40. The molecule has 0 atom stereocenters. The van der Waals surface area contributed by atoms with Gasteiger partial charge in [0.2, 0.25) is 5.91 Å². The molecule has 0 saturated carbocycles. The summed E-state index contributed by atoms with van der Waals surface area (Å²) in [5, 5.41) is 2.52. The quantitative estimate of drug-likeness (QED) is 0.925. The highest BCUT2D eigenvalue weighted by Gasteiger charge is 2.35. The lowest BCUT2D eigenvalue weighted by molar-refractivity contribution is -0.122. The molecule has 110 valence electrons. The maximum atomic E-state index is 12.6. The van der Waals surface area contributed by atoms with Crippen LogP contribution in [-0.2, 0) is 4.79 Å². The average Bonchev–Trinajstić information content (AvgIpc) is 2.35. The number of hydrogen-bond acceptors (Lipinski definition) is 4. The third-order valence-electron chi connectivity index (χ3n) is 2.82. The molecule has 1 amide bonds. The van der Waals surface area contributed by atoms with Crippen molar-refractivity contribution in [2.45, 2.75) is 6.18 Å². The molecule has 2 rings (SSSR count). The van der Waals surface area contributed by atoms with Gasteiger partial charge in [-0.3, -0.25) is 4.79 Å². The average molecular weight is 290 g/mol. The lowest BCUT2D eigenvalue weighted by atomic mass is 10.1. The van der Waals surface area contributed by atoms with Gasteiger partial charge in [-0.05, 0) is 0 Å². The molecule has 0 fully saturated rings. The van der Waals surface area contributed by atoms with Crippen LogP contribution in [0.2, 0.25) is 0 Å². The number of nitrogens with one attached hydrogen (secondary N) is 1. The molecular weight excluding hydrogens is 277 g/mol. The fourth-order valence-electron chi connectivity index (χ4n) is 2.04. The molecule has 1 heterocycles. The molecule has 20 heavy (non-hydrogen) atoms. The second-order valence-corrected chi connectivity index (χ2v) is 4.24. The minimum Gasteiger partial charge on any atom is -0.493 e. The third kappa shape index (κ3) is 2.89. The summed E-state index contributed by atoms with van der Waals surface area (Å²) in [5.74, 6) is 0.129. The van der Waals surface area contributed by atoms with Crippen LogP contribution >= 0.6 is 0 Å². The SMILES string of the molecule is COc1cc2c(cc1OC)N(CC(F)(F)F)CC(=O)N2. The summed E-state index contributed by atoms with van der Waals surface area (Å²) in [6.07, 6.45) is -4.40. The van der Waals surface area contributed by atoms with Crippen LogP contribution < -0.4 is 19.7 Å². The number of carbonyl (C=O) groups excluding carboxylic acids is 1. The van der Waals surface area contributed by atoms with Crippen molar-refractivity contribution in [2.75, 3.05) is 37.5 Å². The largest absolute Gasteiger partial charge is 0.493 e. The van der Waals surface area contributed by atoms with E-state index >= 15 is 0 Å². The predicted molar refractivity (Wildman–Crippen MR) is 66.4 cm³/mol. The highest BCUT2D eigenvalue weighted by molar-refractivity contribution is 6.01. The molecule has 5 nitrogen and oxygen atoms in total. The van der Waals surface area contributed by atoms with Gasteiger partial charge in [-0.25, -0.2) is 0 Å². The first-order chi connectivity index (χ1) is 9.34. The van der Waals surface area contributed by atoms with E-state index in [2.05, 4.69) is 5.32 Å². The number of alkyl halides is 3. The van der Waals surface area contributed by atoms with Crippen molar-refractivity contribution < 1.29 is 27.4 Å². The van der Waals surface area contributed by atoms with Gasteiger partial charge < -0.3 is 19.7 Å². The van der Waals surface area contributed by atoms with E-state index in [0.717, 1.165) is 4.90 Å². The Kier molecular flexibility index (Phi) is 3.65. The number of nitrogens with zero attached hydrogens (tertiary/aromatic N) is 1. The van der Waals surface area contributed by atoms with Gasteiger partial charge in [0.25, 0.3) is 0 Å². The summed E-state index contributed by atoms with van der Waals surface area (Å²) in [4.78, 5) is 12.4. The second kappa shape index (κ2) is 5.10. The number of halogens is 3. The molecule has 1 N–H and O–H groups in total. The molecule has 1 aliphatic rings. The van der Waals surface area contributed by atoms with Crippen molar-refractivity contribution in [3.05, 3.63) is 12.1 Å². The Labute approximate surface area is 113 Å². The molecule has 1 aromatic carbocycles. The molecule has 0 saturated heterocycles. The highest BCUT2D eigenvalue weighted by Crippen LogP contribution is 2.40. The van der Waals surface area contributed by atoms with Crippen molar-refractivity contribution in [3.8, 4) is 11.5 Å². The Morgan fingerprint density at radius 3 is 2.40 bits per heavy atom. The number of amides is 1. The van der Waals surface area contributed by atoms with Crippen LogP contribution in [0.5, 0.6) is 11.5 Å². The molecule has 0 bridgehead atoms. The van der Waals surface area contributed by atoms with Gasteiger partial charge in [-0.1, -0.05) is 0 Å². The van der Waals surface area contributed by atoms with Crippen LogP contribution in [0, 0.1) is 0 Å². The molecule has 0 radical (unpaired) electrons. The van der Waals surface area contributed by atoms with Crippen molar-refractivity contribution in [2.24, 2.45) is 0 Å². The summed E-state index contributed by atoms with van der Waals surface area (Å²) in [6, 6.07) is 2.86. The van der Waals surface area contributed by atoms with E-state index < -0.39 is 18.6 Å². The fourth-order valence-corrected chi connectivity index (χ4v) is 2.04. The molecule has 0 spiro atoms. The lowest BCUT2D eigenvalue weighted by Gasteiger charge is -2.32. The fraction of sp³-hybridized carbons (Fsp3) is 0.417. The Morgan fingerprint density at radius 2 is 1.85 bits per heavy atom. The van der Waals surface area contributed by atoms with Gasteiger partial charge in [0, 0.05) is 12.1 Å². The maximum Gasteiger partial charge on any atom is 0.405 e. The molecule has 1 aromatic rings. The van der Waals surface area contributed by atoms with Gasteiger partial charge in [0.05, 0.1) is 32.1 Å². The number of methoxy groups -OCH3 is 2. The minimum absolute atomic E-state index is 0.250. The summed E-state index contributed by atoms with van der Waals surface area (Å²) >= 11 is 0. The van der Waals surface area contributed by atoms with Gasteiger partial charge in [-0.15, -0.1) is 0 Å². The molecule has 1 aliphatic heterocycles. The van der Waals surface area contributed by atoms with Crippen molar-refractivity contribution in [1.82, 2.24) is 0 Å². The first-order valence-electron chi connectivity index (χ1n) is 5.71. The summed E-state index contributed by atoms with van der Waals surface area (Å²) in [5.41, 5.74) is 0.516. The first kappa shape index (κ1) is 14.3. The standard InChI is InChI=1S/C12H13F3N2O3/c1-19-9-3-7-8(4-10(9)20-2)17(5-11(18)16-7)6-12(13,14)15/h3-4H,5-6H2,1-2H3,(H,16,18). The van der Waals surface area contributed by atoms with Crippen molar-refractivity contribution in [1.29, 1.82) is 0 Å². The van der Waals surface area contributed by atoms with E-state index in [0.29, 0.717) is 11.5 Å². The second-order valence-electron chi connectivity index (χ2n) is 4.24. The smallest absolute Gasteiger partial charge is 0.405 e. The Morgan fingerprint density at radius 1 is 1.25 bits per heavy atom. The van der Waals surface area contributed by atoms with Crippen LogP contribution in [0.15, 0.2) is 12.1 Å². The highest BCUT2D eigenvalue weighted by atomic mass is 19.4. The number of carbonyl (C=O) groups is 1. The summed E-state index contributed by atoms with van der Waals surface area (Å²) in [7, 11) is 2.79. The predicted octanol–water partition coefficient (Wildman–Crippen LogP) is 2.02. The van der Waals surface area contributed by atoms with Gasteiger partial charge in [0.15, 0.2) is 11.5 Å². The summed E-state index contributed by atoms with van der Waals surface area (Å²) in [6.45, 7) is -1.56. The Bertz CT molecular complexity index is 531. The number of anilines is 2. The zero-order valence-corrected chi connectivity index (χ0v) is 10.9. The van der Waals surface area contributed by atoms with Crippen LogP contribution in [0.25, 0.3) is 0 Å². The topological polar surface area (TPSA) is 50.8 Å². The number of ether oxygens (including phenoxy) is 2. The molecular formula is C12H13F3N2O3. The lowest BCUT2D eigenvalue weighted by Crippen LogP contribution is -2.43. The number of hydrogen-bond donors (Lipinski definition) is 1. The molecule has 0 aromatic heterocycles. The van der Waals surface area contributed by atoms with E-state index in [1.807, 2.05) is 0 Å². The van der Waals surface area contributed by atoms with E-state index in [1.54, 1.807) is 0 Å². The van der Waals surface area contributed by atoms with Crippen molar-refractivity contribution in [3.63, 3.8) is 0 Å². The van der Waals surface area contributed by atoms with Crippen LogP contribution in [0.3, 0.4) is 0 Å². The monoisotopic (exact) mass is 290 g/mol. The maximum absolute atomic E-state index is 12.6. The van der Waals surface area contributed by atoms with Crippen LogP contribution in [-0.4, -0.2) is 39.4 Å². The zero-order valence-electron chi connectivity index (χ0n) is 10.9. The summed E-state index contributed by atoms with van der Waals surface area (Å²) < 4.78 is 47.8. The van der Waals surface area contributed by atoms with E-state index in [4.69, 9.17) is 9.47 Å². The number of rotatable bonds is 3. The van der Waals surface area contributed by atoms with Gasteiger partial charge in [0.1, 0.15) is 6.54 Å². The zero-order chi connectivity index (χ0) is 14.9. The Balaban J connectivity index is 2.45. The van der Waals surface area contributed by atoms with E-state index in [1.165, 1.54) is 26.4 Å². The molecule has 0 unspecified atom stereocenters. The first-order valence-corrected chi connectivity index (χ1v) is 5.71. The van der Waals surface area contributed by atoms with Gasteiger partial charge >= 0.3 is 6.18 Å². The van der Waals surface area contributed by atoms with E-state index in [9.17, 15) is 18.0 Å². The normalized spacial score (nSPS) is 14.7. The Hall–Kier alpha value is -2.12. The van der Waals surface area contributed by atoms with Crippen LogP contribution in [0.1, 0.15) is 0 Å².